The van der Waals surface area contributed by atoms with Crippen molar-refractivity contribution in [3.8, 4) is 5.75 Å². The van der Waals surface area contributed by atoms with Crippen molar-refractivity contribution < 1.29 is 18.7 Å². The van der Waals surface area contributed by atoms with Crippen LogP contribution in [0.1, 0.15) is 47.9 Å². The molecule has 0 bridgehead atoms. The Balaban J connectivity index is 1.62. The van der Waals surface area contributed by atoms with Crippen LogP contribution in [0.25, 0.3) is 0 Å². The number of rotatable bonds is 10. The predicted octanol–water partition coefficient (Wildman–Crippen LogP) is 5.52. The Morgan fingerprint density at radius 1 is 0.973 bits per heavy atom. The standard InChI is InChI=1S/C31H35FN2O3/c1-22-12-13-23(2)29(18-22)37-21-30(35)34(20-25-14-16-26(32)17-15-25)28(19-24-8-4-3-5-9-24)31(36)33-27-10-6-7-11-27/h3-5,8-9,12-18,27-28H,6-7,10-11,19-21H2,1-2H3,(H,33,36)/t28-/m0/s1. The van der Waals surface area contributed by atoms with Crippen LogP contribution in [-0.4, -0.2) is 35.4 Å². The van der Waals surface area contributed by atoms with Crippen LogP contribution in [0.2, 0.25) is 0 Å². The van der Waals surface area contributed by atoms with Gasteiger partial charge in [0.05, 0.1) is 0 Å². The van der Waals surface area contributed by atoms with Crippen molar-refractivity contribution in [3.05, 3.63) is 101 Å². The highest BCUT2D eigenvalue weighted by atomic mass is 19.1. The molecule has 0 spiro atoms. The monoisotopic (exact) mass is 502 g/mol. The van der Waals surface area contributed by atoms with Gasteiger partial charge in [-0.1, -0.05) is 67.4 Å². The van der Waals surface area contributed by atoms with Gasteiger partial charge in [-0.2, -0.15) is 0 Å². The zero-order valence-corrected chi connectivity index (χ0v) is 21.6. The molecule has 194 valence electrons. The molecule has 0 unspecified atom stereocenters. The molecule has 0 radical (unpaired) electrons. The molecule has 5 nitrogen and oxygen atoms in total. The third kappa shape index (κ3) is 7.42. The van der Waals surface area contributed by atoms with Gasteiger partial charge in [0.2, 0.25) is 5.91 Å². The second kappa shape index (κ2) is 12.5. The SMILES string of the molecule is Cc1ccc(C)c(OCC(=O)N(Cc2ccc(F)cc2)[C@@H](Cc2ccccc2)C(=O)NC2CCCC2)c1. The summed E-state index contributed by atoms with van der Waals surface area (Å²) in [7, 11) is 0. The lowest BCUT2D eigenvalue weighted by atomic mass is 10.0. The molecule has 1 N–H and O–H groups in total. The van der Waals surface area contributed by atoms with Crippen molar-refractivity contribution in [3.63, 3.8) is 0 Å². The van der Waals surface area contributed by atoms with Crippen molar-refractivity contribution in [2.75, 3.05) is 6.61 Å². The average molecular weight is 503 g/mol. The van der Waals surface area contributed by atoms with E-state index in [4.69, 9.17) is 4.74 Å². The summed E-state index contributed by atoms with van der Waals surface area (Å²) in [6, 6.07) is 21.0. The lowest BCUT2D eigenvalue weighted by Crippen LogP contribution is -2.53. The van der Waals surface area contributed by atoms with Crippen LogP contribution in [0.5, 0.6) is 5.75 Å². The molecule has 0 aliphatic heterocycles. The summed E-state index contributed by atoms with van der Waals surface area (Å²) in [5, 5.41) is 3.19. The second-order valence-corrected chi connectivity index (χ2v) is 9.90. The van der Waals surface area contributed by atoms with E-state index in [0.717, 1.165) is 47.9 Å². The summed E-state index contributed by atoms with van der Waals surface area (Å²) in [4.78, 5) is 28.9. The van der Waals surface area contributed by atoms with E-state index >= 15 is 0 Å². The summed E-state index contributed by atoms with van der Waals surface area (Å²) in [5.74, 6) is -0.171. The Morgan fingerprint density at radius 2 is 1.68 bits per heavy atom. The zero-order valence-electron chi connectivity index (χ0n) is 21.6. The first-order chi connectivity index (χ1) is 17.9. The summed E-state index contributed by atoms with van der Waals surface area (Å²) in [5.41, 5.74) is 3.67. The third-order valence-corrected chi connectivity index (χ3v) is 6.93. The number of nitrogens with one attached hydrogen (secondary N) is 1. The van der Waals surface area contributed by atoms with E-state index in [1.165, 1.54) is 12.1 Å². The Bertz CT molecular complexity index is 1190. The van der Waals surface area contributed by atoms with Crippen molar-refractivity contribution >= 4 is 11.8 Å². The van der Waals surface area contributed by atoms with Crippen LogP contribution >= 0.6 is 0 Å². The van der Waals surface area contributed by atoms with Gasteiger partial charge in [0.1, 0.15) is 17.6 Å². The molecule has 1 aliphatic carbocycles. The number of carbonyl (C=O) groups excluding carboxylic acids is 2. The summed E-state index contributed by atoms with van der Waals surface area (Å²) >= 11 is 0. The van der Waals surface area contributed by atoms with Gasteiger partial charge in [-0.25, -0.2) is 4.39 Å². The van der Waals surface area contributed by atoms with E-state index in [1.54, 1.807) is 17.0 Å². The molecule has 3 aromatic carbocycles. The zero-order chi connectivity index (χ0) is 26.2. The van der Waals surface area contributed by atoms with E-state index in [2.05, 4.69) is 5.32 Å². The Hall–Kier alpha value is -3.67. The van der Waals surface area contributed by atoms with Gasteiger partial charge in [-0.15, -0.1) is 0 Å². The quantitative estimate of drug-likeness (QED) is 0.397. The molecule has 1 saturated carbocycles. The van der Waals surface area contributed by atoms with Crippen LogP contribution < -0.4 is 10.1 Å². The van der Waals surface area contributed by atoms with E-state index in [1.807, 2.05) is 62.4 Å². The van der Waals surface area contributed by atoms with Crippen LogP contribution in [0.15, 0.2) is 72.8 Å². The summed E-state index contributed by atoms with van der Waals surface area (Å²) < 4.78 is 19.5. The first-order valence-corrected chi connectivity index (χ1v) is 13.0. The minimum absolute atomic E-state index is 0.125. The number of benzene rings is 3. The Labute approximate surface area is 218 Å². The number of amides is 2. The number of carbonyl (C=O) groups is 2. The average Bonchev–Trinajstić information content (AvgIpc) is 3.41. The van der Waals surface area contributed by atoms with Crippen LogP contribution in [0.4, 0.5) is 4.39 Å². The first kappa shape index (κ1) is 26.4. The first-order valence-electron chi connectivity index (χ1n) is 13.0. The lowest BCUT2D eigenvalue weighted by molar-refractivity contribution is -0.143. The maximum absolute atomic E-state index is 13.7. The molecule has 0 heterocycles. The summed E-state index contributed by atoms with van der Waals surface area (Å²) in [6.07, 6.45) is 4.46. The molecule has 4 rings (SSSR count). The fourth-order valence-corrected chi connectivity index (χ4v) is 4.79. The molecule has 0 saturated heterocycles. The maximum Gasteiger partial charge on any atom is 0.261 e. The van der Waals surface area contributed by atoms with Gasteiger partial charge in [0, 0.05) is 19.0 Å². The molecule has 1 fully saturated rings. The number of ether oxygens (including phenoxy) is 1. The number of aryl methyl sites for hydroxylation is 2. The van der Waals surface area contributed by atoms with Gasteiger partial charge in [-0.05, 0) is 67.1 Å². The maximum atomic E-state index is 13.7. The van der Waals surface area contributed by atoms with Crippen LogP contribution in [-0.2, 0) is 22.6 Å². The number of hydrogen-bond donors (Lipinski definition) is 1. The molecule has 3 aromatic rings. The molecular weight excluding hydrogens is 467 g/mol. The largest absolute Gasteiger partial charge is 0.483 e. The molecular formula is C31H35FN2O3. The third-order valence-electron chi connectivity index (χ3n) is 6.93. The van der Waals surface area contributed by atoms with Gasteiger partial charge >= 0.3 is 0 Å². The Kier molecular flexibility index (Phi) is 8.94. The fraction of sp³-hybridized carbons (Fsp3) is 0.355. The highest BCUT2D eigenvalue weighted by Crippen LogP contribution is 2.22. The highest BCUT2D eigenvalue weighted by molar-refractivity contribution is 5.88. The van der Waals surface area contributed by atoms with Gasteiger partial charge in [-0.3, -0.25) is 9.59 Å². The normalized spacial score (nSPS) is 14.2. The second-order valence-electron chi connectivity index (χ2n) is 9.90. The Morgan fingerprint density at radius 3 is 2.38 bits per heavy atom. The van der Waals surface area contributed by atoms with Gasteiger partial charge < -0.3 is 15.0 Å². The van der Waals surface area contributed by atoms with Crippen molar-refractivity contribution in [2.24, 2.45) is 0 Å². The van der Waals surface area contributed by atoms with Gasteiger partial charge in [0.25, 0.3) is 5.91 Å². The van der Waals surface area contributed by atoms with Crippen LogP contribution in [0.3, 0.4) is 0 Å². The predicted molar refractivity (Wildman–Crippen MR) is 143 cm³/mol. The van der Waals surface area contributed by atoms with E-state index in [0.29, 0.717) is 12.2 Å². The fourth-order valence-electron chi connectivity index (χ4n) is 4.79. The van der Waals surface area contributed by atoms with E-state index in [9.17, 15) is 14.0 Å². The number of hydrogen-bond acceptors (Lipinski definition) is 3. The lowest BCUT2D eigenvalue weighted by Gasteiger charge is -2.32. The summed E-state index contributed by atoms with van der Waals surface area (Å²) in [6.45, 7) is 3.87. The topological polar surface area (TPSA) is 58.6 Å². The van der Waals surface area contributed by atoms with Crippen molar-refractivity contribution in [1.29, 1.82) is 0 Å². The molecule has 6 heteroatoms. The highest BCUT2D eigenvalue weighted by Gasteiger charge is 2.32. The van der Waals surface area contributed by atoms with Crippen molar-refractivity contribution in [1.82, 2.24) is 10.2 Å². The van der Waals surface area contributed by atoms with Crippen molar-refractivity contribution in [2.45, 2.75) is 64.6 Å². The minimum Gasteiger partial charge on any atom is -0.483 e. The van der Waals surface area contributed by atoms with Crippen LogP contribution in [0, 0.1) is 19.7 Å². The van der Waals surface area contributed by atoms with E-state index in [-0.39, 0.29) is 36.8 Å². The van der Waals surface area contributed by atoms with Gasteiger partial charge in [0.15, 0.2) is 6.61 Å². The smallest absolute Gasteiger partial charge is 0.261 e. The molecule has 1 aliphatic rings. The molecule has 37 heavy (non-hydrogen) atoms. The minimum atomic E-state index is -0.734. The van der Waals surface area contributed by atoms with E-state index < -0.39 is 6.04 Å². The number of halogens is 1. The molecule has 2 amide bonds. The molecule has 1 atom stereocenters. The molecule has 0 aromatic heterocycles. The number of nitrogens with zero attached hydrogens (tertiary/aromatic N) is 1.